The number of aromatic nitrogens is 1. The van der Waals surface area contributed by atoms with Gasteiger partial charge in [0.05, 0.1) is 11.7 Å². The highest BCUT2D eigenvalue weighted by Gasteiger charge is 2.25. The molecule has 1 saturated heterocycles. The van der Waals surface area contributed by atoms with Gasteiger partial charge in [0.2, 0.25) is 0 Å². The Labute approximate surface area is 103 Å². The number of nitrogens with zero attached hydrogens (tertiary/aromatic N) is 2. The first kappa shape index (κ1) is 12.5. The maximum Gasteiger partial charge on any atom is 0.0647 e. The number of piperazine rings is 1. The van der Waals surface area contributed by atoms with Crippen LogP contribution in [0, 0.1) is 0 Å². The van der Waals surface area contributed by atoms with Gasteiger partial charge in [-0.1, -0.05) is 6.07 Å². The summed E-state index contributed by atoms with van der Waals surface area (Å²) in [7, 11) is 2.01. The molecule has 1 fully saturated rings. The molecule has 1 aromatic rings. The monoisotopic (exact) mass is 234 g/mol. The summed E-state index contributed by atoms with van der Waals surface area (Å²) in [4.78, 5) is 6.98. The molecular weight excluding hydrogens is 212 g/mol. The Kier molecular flexibility index (Phi) is 4.48. The van der Waals surface area contributed by atoms with Crippen LogP contribution < -0.4 is 10.6 Å². The van der Waals surface area contributed by atoms with Gasteiger partial charge in [-0.05, 0) is 26.1 Å². The van der Waals surface area contributed by atoms with Crippen LogP contribution in [0.3, 0.4) is 0 Å². The van der Waals surface area contributed by atoms with Crippen molar-refractivity contribution in [1.82, 2.24) is 20.5 Å². The lowest BCUT2D eigenvalue weighted by Crippen LogP contribution is -2.51. The van der Waals surface area contributed by atoms with E-state index in [4.69, 9.17) is 0 Å². The van der Waals surface area contributed by atoms with Crippen LogP contribution in [0.1, 0.15) is 18.7 Å². The Balaban J connectivity index is 2.07. The predicted molar refractivity (Wildman–Crippen MR) is 69.9 cm³/mol. The Hall–Kier alpha value is -0.970. The summed E-state index contributed by atoms with van der Waals surface area (Å²) in [5.41, 5.74) is 1.13. The molecule has 2 atom stereocenters. The second kappa shape index (κ2) is 6.10. The summed E-state index contributed by atoms with van der Waals surface area (Å²) in [6, 6.07) is 6.88. The Morgan fingerprint density at radius 3 is 2.71 bits per heavy atom. The molecule has 0 aromatic carbocycles. The highest BCUT2D eigenvalue weighted by Crippen LogP contribution is 2.18. The Morgan fingerprint density at radius 2 is 2.12 bits per heavy atom. The zero-order chi connectivity index (χ0) is 12.1. The number of likely N-dealkylation sites (N-methyl/N-ethyl adjacent to an activating group) is 1. The van der Waals surface area contributed by atoms with Gasteiger partial charge in [-0.3, -0.25) is 9.88 Å². The molecule has 4 heteroatoms. The van der Waals surface area contributed by atoms with Gasteiger partial charge in [0.1, 0.15) is 0 Å². The fourth-order valence-electron chi connectivity index (χ4n) is 2.50. The van der Waals surface area contributed by atoms with Crippen molar-refractivity contribution in [2.24, 2.45) is 0 Å². The minimum atomic E-state index is 0.300. The topological polar surface area (TPSA) is 40.2 Å². The molecule has 2 N–H and O–H groups in total. The van der Waals surface area contributed by atoms with Crippen molar-refractivity contribution >= 4 is 0 Å². The maximum atomic E-state index is 4.46. The van der Waals surface area contributed by atoms with E-state index in [9.17, 15) is 0 Å². The second-order valence-electron chi connectivity index (χ2n) is 4.55. The third kappa shape index (κ3) is 3.03. The number of rotatable bonds is 4. The third-order valence-electron chi connectivity index (χ3n) is 3.53. The van der Waals surface area contributed by atoms with E-state index in [-0.39, 0.29) is 0 Å². The maximum absolute atomic E-state index is 4.46. The van der Waals surface area contributed by atoms with Crippen molar-refractivity contribution in [3.63, 3.8) is 0 Å². The molecule has 2 rings (SSSR count). The van der Waals surface area contributed by atoms with E-state index in [0.717, 1.165) is 31.9 Å². The fraction of sp³-hybridized carbons (Fsp3) is 0.615. The average Bonchev–Trinajstić information content (AvgIpc) is 2.42. The Bertz CT molecular complexity index is 321. The average molecular weight is 234 g/mol. The van der Waals surface area contributed by atoms with Crippen LogP contribution in [0.4, 0.5) is 0 Å². The molecule has 17 heavy (non-hydrogen) atoms. The van der Waals surface area contributed by atoms with E-state index >= 15 is 0 Å². The van der Waals surface area contributed by atoms with Crippen LogP contribution in [0.25, 0.3) is 0 Å². The summed E-state index contributed by atoms with van der Waals surface area (Å²) in [6.07, 6.45) is 1.87. The lowest BCUT2D eigenvalue weighted by Gasteiger charge is -2.37. The van der Waals surface area contributed by atoms with Crippen molar-refractivity contribution in [3.8, 4) is 0 Å². The van der Waals surface area contributed by atoms with Crippen LogP contribution in [-0.4, -0.2) is 49.2 Å². The Morgan fingerprint density at radius 1 is 1.35 bits per heavy atom. The molecule has 1 aromatic heterocycles. The molecule has 2 heterocycles. The normalized spacial score (nSPS) is 21.1. The number of pyridine rings is 1. The highest BCUT2D eigenvalue weighted by molar-refractivity contribution is 5.11. The SMILES string of the molecule is CNC(c1ccccn1)C(C)N1CCNCC1. The molecule has 2 unspecified atom stereocenters. The van der Waals surface area contributed by atoms with E-state index in [0.29, 0.717) is 12.1 Å². The molecule has 4 nitrogen and oxygen atoms in total. The van der Waals surface area contributed by atoms with E-state index < -0.39 is 0 Å². The van der Waals surface area contributed by atoms with E-state index in [1.165, 1.54) is 0 Å². The van der Waals surface area contributed by atoms with Gasteiger partial charge in [-0.25, -0.2) is 0 Å². The molecule has 1 aliphatic rings. The lowest BCUT2D eigenvalue weighted by molar-refractivity contribution is 0.152. The van der Waals surface area contributed by atoms with Gasteiger partial charge >= 0.3 is 0 Å². The molecule has 0 saturated carbocycles. The summed E-state index contributed by atoms with van der Waals surface area (Å²) >= 11 is 0. The smallest absolute Gasteiger partial charge is 0.0647 e. The van der Waals surface area contributed by atoms with E-state index in [1.54, 1.807) is 0 Å². The molecule has 0 spiro atoms. The fourth-order valence-corrected chi connectivity index (χ4v) is 2.50. The zero-order valence-corrected chi connectivity index (χ0v) is 10.7. The minimum absolute atomic E-state index is 0.300. The molecule has 1 aliphatic heterocycles. The summed E-state index contributed by atoms with van der Waals surface area (Å²) in [5.74, 6) is 0. The van der Waals surface area contributed by atoms with Crippen LogP contribution in [0.5, 0.6) is 0 Å². The summed E-state index contributed by atoms with van der Waals surface area (Å²) < 4.78 is 0. The van der Waals surface area contributed by atoms with Gasteiger partial charge in [0.25, 0.3) is 0 Å². The molecule has 0 aliphatic carbocycles. The predicted octanol–water partition coefficient (Wildman–Crippen LogP) is 0.636. The standard InChI is InChI=1S/C13H22N4/c1-11(17-9-7-15-8-10-17)13(14-2)12-5-3-4-6-16-12/h3-6,11,13-15H,7-10H2,1-2H3. The van der Waals surface area contributed by atoms with Crippen molar-refractivity contribution in [3.05, 3.63) is 30.1 Å². The van der Waals surface area contributed by atoms with Gasteiger partial charge in [-0.2, -0.15) is 0 Å². The van der Waals surface area contributed by atoms with E-state index in [1.807, 2.05) is 19.3 Å². The van der Waals surface area contributed by atoms with Crippen molar-refractivity contribution in [2.45, 2.75) is 19.0 Å². The van der Waals surface area contributed by atoms with Crippen molar-refractivity contribution < 1.29 is 0 Å². The van der Waals surface area contributed by atoms with Gasteiger partial charge in [-0.15, -0.1) is 0 Å². The van der Waals surface area contributed by atoms with Gasteiger partial charge in [0, 0.05) is 38.4 Å². The van der Waals surface area contributed by atoms with Gasteiger partial charge in [0.15, 0.2) is 0 Å². The second-order valence-corrected chi connectivity index (χ2v) is 4.55. The van der Waals surface area contributed by atoms with Crippen LogP contribution in [0.15, 0.2) is 24.4 Å². The van der Waals surface area contributed by atoms with Crippen molar-refractivity contribution in [2.75, 3.05) is 33.2 Å². The number of hydrogen-bond donors (Lipinski definition) is 2. The summed E-state index contributed by atoms with van der Waals surface area (Å²) in [5, 5.41) is 6.78. The largest absolute Gasteiger partial charge is 0.314 e. The highest BCUT2D eigenvalue weighted by atomic mass is 15.2. The number of nitrogens with one attached hydrogen (secondary N) is 2. The first-order chi connectivity index (χ1) is 8.33. The summed E-state index contributed by atoms with van der Waals surface area (Å²) in [6.45, 7) is 6.69. The van der Waals surface area contributed by atoms with E-state index in [2.05, 4.69) is 39.6 Å². The minimum Gasteiger partial charge on any atom is -0.314 e. The van der Waals surface area contributed by atoms with Gasteiger partial charge < -0.3 is 10.6 Å². The molecular formula is C13H22N4. The zero-order valence-electron chi connectivity index (χ0n) is 10.7. The quantitative estimate of drug-likeness (QED) is 0.802. The number of hydrogen-bond acceptors (Lipinski definition) is 4. The molecule has 0 radical (unpaired) electrons. The third-order valence-corrected chi connectivity index (χ3v) is 3.53. The first-order valence-corrected chi connectivity index (χ1v) is 6.36. The van der Waals surface area contributed by atoms with Crippen molar-refractivity contribution in [1.29, 1.82) is 0 Å². The molecule has 94 valence electrons. The molecule has 0 bridgehead atoms. The van der Waals surface area contributed by atoms with Crippen LogP contribution >= 0.6 is 0 Å². The first-order valence-electron chi connectivity index (χ1n) is 6.36. The lowest BCUT2D eigenvalue weighted by atomic mass is 10.0. The molecule has 0 amide bonds. The van der Waals surface area contributed by atoms with Crippen LogP contribution in [-0.2, 0) is 0 Å². The van der Waals surface area contributed by atoms with Crippen LogP contribution in [0.2, 0.25) is 0 Å².